The first-order valence-electron chi connectivity index (χ1n) is 10.7. The Balaban J connectivity index is 1.54. The van der Waals surface area contributed by atoms with E-state index < -0.39 is 12.0 Å². The van der Waals surface area contributed by atoms with Crippen LogP contribution in [0.15, 0.2) is 72.8 Å². The summed E-state index contributed by atoms with van der Waals surface area (Å²) >= 11 is 0. The van der Waals surface area contributed by atoms with Gasteiger partial charge < -0.3 is 15.4 Å². The highest BCUT2D eigenvalue weighted by Gasteiger charge is 2.22. The Morgan fingerprint density at radius 1 is 0.812 bits per heavy atom. The molecule has 0 aliphatic heterocycles. The summed E-state index contributed by atoms with van der Waals surface area (Å²) in [7, 11) is 1.29. The molecule has 0 saturated carbocycles. The Morgan fingerprint density at radius 2 is 1.44 bits per heavy atom. The number of carbonyl (C=O) groups excluding carboxylic acids is 3. The molecule has 0 fully saturated rings. The largest absolute Gasteiger partial charge is 0.467 e. The summed E-state index contributed by atoms with van der Waals surface area (Å²) in [5.41, 5.74) is 1.90. The van der Waals surface area contributed by atoms with Crippen LogP contribution in [0.3, 0.4) is 0 Å². The molecular weight excluding hydrogens is 404 g/mol. The molecule has 0 aliphatic carbocycles. The number of fused-ring (bicyclic) bond motifs is 1. The van der Waals surface area contributed by atoms with E-state index in [2.05, 4.69) is 10.6 Å². The first kappa shape index (κ1) is 23.0. The third-order valence-electron chi connectivity index (χ3n) is 5.33. The molecule has 2 amide bonds. The normalized spacial score (nSPS) is 12.6. The first-order valence-corrected chi connectivity index (χ1v) is 10.7. The van der Waals surface area contributed by atoms with Crippen molar-refractivity contribution in [2.24, 2.45) is 0 Å². The van der Waals surface area contributed by atoms with Gasteiger partial charge in [-0.25, -0.2) is 4.79 Å². The van der Waals surface area contributed by atoms with E-state index in [4.69, 9.17) is 4.74 Å². The van der Waals surface area contributed by atoms with Crippen LogP contribution in [0.5, 0.6) is 0 Å². The molecule has 0 saturated heterocycles. The summed E-state index contributed by atoms with van der Waals surface area (Å²) in [5.74, 6) is -1.11. The molecule has 32 heavy (non-hydrogen) atoms. The van der Waals surface area contributed by atoms with Crippen LogP contribution in [0.1, 0.15) is 36.9 Å². The van der Waals surface area contributed by atoms with Crippen molar-refractivity contribution in [3.05, 3.63) is 83.9 Å². The third-order valence-corrected chi connectivity index (χ3v) is 5.33. The van der Waals surface area contributed by atoms with Gasteiger partial charge in [0.2, 0.25) is 11.8 Å². The zero-order chi connectivity index (χ0) is 22.9. The number of benzene rings is 3. The van der Waals surface area contributed by atoms with Crippen LogP contribution in [-0.2, 0) is 25.5 Å². The van der Waals surface area contributed by atoms with E-state index in [1.54, 1.807) is 0 Å². The number of esters is 1. The van der Waals surface area contributed by atoms with E-state index in [1.165, 1.54) is 7.11 Å². The van der Waals surface area contributed by atoms with Gasteiger partial charge in [0.25, 0.3) is 0 Å². The maximum atomic E-state index is 12.4. The average Bonchev–Trinajstić information content (AvgIpc) is 2.82. The van der Waals surface area contributed by atoms with Crippen LogP contribution < -0.4 is 10.6 Å². The quantitative estimate of drug-likeness (QED) is 0.505. The molecule has 6 nitrogen and oxygen atoms in total. The minimum atomic E-state index is -0.819. The predicted molar refractivity (Wildman–Crippen MR) is 124 cm³/mol. The molecule has 0 radical (unpaired) electrons. The number of nitrogens with one attached hydrogen (secondary N) is 2. The lowest BCUT2D eigenvalue weighted by Gasteiger charge is -2.17. The van der Waals surface area contributed by atoms with Gasteiger partial charge in [0.05, 0.1) is 13.2 Å². The van der Waals surface area contributed by atoms with Crippen molar-refractivity contribution in [3.63, 3.8) is 0 Å². The fourth-order valence-electron chi connectivity index (χ4n) is 3.57. The molecule has 0 spiro atoms. The number of hydrogen-bond donors (Lipinski definition) is 2. The van der Waals surface area contributed by atoms with Crippen LogP contribution in [0.25, 0.3) is 10.8 Å². The van der Waals surface area contributed by atoms with E-state index >= 15 is 0 Å². The molecule has 2 atom stereocenters. The van der Waals surface area contributed by atoms with Crippen LogP contribution >= 0.6 is 0 Å². The van der Waals surface area contributed by atoms with E-state index in [9.17, 15) is 14.4 Å². The van der Waals surface area contributed by atoms with Crippen molar-refractivity contribution >= 4 is 28.6 Å². The van der Waals surface area contributed by atoms with Crippen molar-refractivity contribution in [1.29, 1.82) is 0 Å². The summed E-state index contributed by atoms with van der Waals surface area (Å²) in [4.78, 5) is 36.9. The number of methoxy groups -OCH3 is 1. The van der Waals surface area contributed by atoms with E-state index in [1.807, 2.05) is 79.7 Å². The average molecular weight is 433 g/mol. The second kappa shape index (κ2) is 11.1. The van der Waals surface area contributed by atoms with Gasteiger partial charge in [0, 0.05) is 19.3 Å². The van der Waals surface area contributed by atoms with Gasteiger partial charge in [0.15, 0.2) is 0 Å². The Morgan fingerprint density at radius 3 is 2.12 bits per heavy atom. The molecule has 3 aromatic carbocycles. The molecule has 0 bridgehead atoms. The number of carbonyl (C=O) groups is 3. The van der Waals surface area contributed by atoms with Gasteiger partial charge in [-0.15, -0.1) is 0 Å². The van der Waals surface area contributed by atoms with Gasteiger partial charge in [-0.2, -0.15) is 0 Å². The SMILES string of the molecule is COC(=O)[C@H](Cc1ccc2ccccc2c1)NC(=O)CCC(=O)N[C@H](C)c1ccccc1. The Hall–Kier alpha value is -3.67. The van der Waals surface area contributed by atoms with Gasteiger partial charge in [-0.3, -0.25) is 9.59 Å². The van der Waals surface area contributed by atoms with Crippen LogP contribution in [0.4, 0.5) is 0 Å². The molecule has 3 aromatic rings. The summed E-state index contributed by atoms with van der Waals surface area (Å²) in [6.07, 6.45) is 0.325. The Kier molecular flexibility index (Phi) is 7.97. The molecule has 6 heteroatoms. The lowest BCUT2D eigenvalue weighted by atomic mass is 10.0. The summed E-state index contributed by atoms with van der Waals surface area (Å²) < 4.78 is 4.87. The second-order valence-electron chi connectivity index (χ2n) is 7.73. The van der Waals surface area contributed by atoms with Crippen molar-refractivity contribution in [2.45, 2.75) is 38.3 Å². The fraction of sp³-hybridized carbons (Fsp3) is 0.269. The predicted octanol–water partition coefficient (Wildman–Crippen LogP) is 3.70. The molecule has 0 aromatic heterocycles. The van der Waals surface area contributed by atoms with E-state index in [0.717, 1.165) is 21.9 Å². The van der Waals surface area contributed by atoms with Crippen molar-refractivity contribution in [3.8, 4) is 0 Å². The summed E-state index contributed by atoms with van der Waals surface area (Å²) in [5, 5.41) is 7.76. The minimum absolute atomic E-state index is 0.0153. The van der Waals surface area contributed by atoms with Crippen LogP contribution in [-0.4, -0.2) is 30.9 Å². The molecule has 0 unspecified atom stereocenters. The maximum Gasteiger partial charge on any atom is 0.328 e. The highest BCUT2D eigenvalue weighted by molar-refractivity contribution is 5.88. The van der Waals surface area contributed by atoms with Crippen molar-refractivity contribution in [2.75, 3.05) is 7.11 Å². The van der Waals surface area contributed by atoms with Crippen LogP contribution in [0.2, 0.25) is 0 Å². The Labute approximate surface area is 188 Å². The van der Waals surface area contributed by atoms with E-state index in [-0.39, 0.29) is 30.7 Å². The van der Waals surface area contributed by atoms with Gasteiger partial charge in [0.1, 0.15) is 6.04 Å². The Bertz CT molecular complexity index is 1080. The van der Waals surface area contributed by atoms with Crippen LogP contribution in [0, 0.1) is 0 Å². The highest BCUT2D eigenvalue weighted by Crippen LogP contribution is 2.17. The third kappa shape index (κ3) is 6.41. The first-order chi connectivity index (χ1) is 15.5. The van der Waals surface area contributed by atoms with Gasteiger partial charge in [-0.1, -0.05) is 72.8 Å². The van der Waals surface area contributed by atoms with E-state index in [0.29, 0.717) is 6.42 Å². The molecule has 3 rings (SSSR count). The molecular formula is C26H28N2O4. The number of ether oxygens (including phenoxy) is 1. The smallest absolute Gasteiger partial charge is 0.328 e. The standard InChI is InChI=1S/C26H28N2O4/c1-18(20-8-4-3-5-9-20)27-24(29)14-15-25(30)28-23(26(31)32-2)17-19-12-13-21-10-6-7-11-22(21)16-19/h3-13,16,18,23H,14-15,17H2,1-2H3,(H,27,29)(H,28,30)/t18-,23+/m1/s1. The zero-order valence-electron chi connectivity index (χ0n) is 18.3. The zero-order valence-corrected chi connectivity index (χ0v) is 18.3. The maximum absolute atomic E-state index is 12.4. The lowest BCUT2D eigenvalue weighted by Crippen LogP contribution is -2.43. The number of hydrogen-bond acceptors (Lipinski definition) is 4. The second-order valence-corrected chi connectivity index (χ2v) is 7.73. The van der Waals surface area contributed by atoms with Gasteiger partial charge >= 0.3 is 5.97 Å². The minimum Gasteiger partial charge on any atom is -0.467 e. The summed E-state index contributed by atoms with van der Waals surface area (Å²) in [6.45, 7) is 1.89. The molecule has 166 valence electrons. The van der Waals surface area contributed by atoms with Gasteiger partial charge in [-0.05, 0) is 28.8 Å². The number of rotatable bonds is 9. The molecule has 0 aliphatic rings. The monoisotopic (exact) mass is 432 g/mol. The molecule has 2 N–H and O–H groups in total. The molecule has 0 heterocycles. The van der Waals surface area contributed by atoms with Crippen molar-refractivity contribution in [1.82, 2.24) is 10.6 Å². The lowest BCUT2D eigenvalue weighted by molar-refractivity contribution is -0.145. The fourth-order valence-corrected chi connectivity index (χ4v) is 3.57. The number of amides is 2. The van der Waals surface area contributed by atoms with Crippen molar-refractivity contribution < 1.29 is 19.1 Å². The summed E-state index contributed by atoms with van der Waals surface area (Å²) in [6, 6.07) is 22.5. The topological polar surface area (TPSA) is 84.5 Å². The highest BCUT2D eigenvalue weighted by atomic mass is 16.5.